The monoisotopic (exact) mass is 812 g/mol. The molecule has 1 aromatic carbocycles. The van der Waals surface area contributed by atoms with Crippen molar-refractivity contribution in [3.63, 3.8) is 0 Å². The van der Waals surface area contributed by atoms with Crippen molar-refractivity contribution in [1.82, 2.24) is 39.5 Å². The predicted molar refractivity (Wildman–Crippen MR) is 216 cm³/mol. The maximum Gasteiger partial charge on any atom is 0.262 e. The summed E-state index contributed by atoms with van der Waals surface area (Å²) in [6.07, 6.45) is 5.93. The number of hydrogen-bond acceptors (Lipinski definition) is 14. The molecule has 3 N–H and O–H groups in total. The first kappa shape index (κ1) is 38.0. The van der Waals surface area contributed by atoms with Gasteiger partial charge >= 0.3 is 0 Å². The topological polar surface area (TPSA) is 216 Å². The summed E-state index contributed by atoms with van der Waals surface area (Å²) in [5.74, 6) is -2.14. The third-order valence-electron chi connectivity index (χ3n) is 11.9. The van der Waals surface area contributed by atoms with E-state index in [1.54, 1.807) is 35.0 Å². The number of nitrogens with one attached hydrogen (secondary N) is 1. The molecule has 4 aromatic heterocycles. The van der Waals surface area contributed by atoms with Gasteiger partial charge in [-0.25, -0.2) is 4.52 Å². The molecule has 1 aliphatic carbocycles. The number of anilines is 2. The molecular formula is C41H40N12O5S. The van der Waals surface area contributed by atoms with Gasteiger partial charge in [-0.05, 0) is 74.6 Å². The van der Waals surface area contributed by atoms with E-state index < -0.39 is 23.8 Å². The third kappa shape index (κ3) is 6.85. The number of piperidine rings is 1. The zero-order valence-corrected chi connectivity index (χ0v) is 33.0. The molecule has 17 nitrogen and oxygen atoms in total. The van der Waals surface area contributed by atoms with Crippen molar-refractivity contribution in [2.24, 2.45) is 5.73 Å². The van der Waals surface area contributed by atoms with Gasteiger partial charge in [0.1, 0.15) is 17.1 Å². The standard InChI is InChI=1S/C41H40N12O5S/c1-44-31-18-32(33-9-7-27-16-23(19-42)20-46-53(27)33)45-21-30(31)38-48-47-37(59-38)24-2-4-25(5-3-24)51-36(55)11-10-34(41(51)58)52-39(56)28-8-6-26(17-29(28)40(52)57)50-14-12-49(13-15-50)22-35(43)54/h6-9,16-18,20-21,24-25,34H,2-5,10-15,22H2,1H3,(H2,43,54)(H,44,45). The Hall–Kier alpha value is -6.58. The Labute approximate surface area is 342 Å². The zero-order valence-electron chi connectivity index (χ0n) is 32.2. The number of imide groups is 2. The number of nitrogens with zero attached hydrogens (tertiary/aromatic N) is 10. The van der Waals surface area contributed by atoms with Gasteiger partial charge in [-0.3, -0.25) is 43.7 Å². The minimum atomic E-state index is -1.06. The maximum atomic E-state index is 14.1. The molecule has 59 heavy (non-hydrogen) atoms. The SMILES string of the molecule is CNc1cc(-c2ccc3cc(C#N)cnn23)ncc1-c1nnc(C2CCC(N3C(=O)CCC(N4C(=O)c5ccc(N6CCN(CC(N)=O)CC6)cc5C4=O)C3=O)CC2)s1. The first-order chi connectivity index (χ1) is 28.6. The van der Waals surface area contributed by atoms with E-state index in [-0.39, 0.29) is 54.3 Å². The van der Waals surface area contributed by atoms with E-state index >= 15 is 0 Å². The molecule has 1 atom stereocenters. The summed E-state index contributed by atoms with van der Waals surface area (Å²) in [5.41, 5.74) is 11.0. The summed E-state index contributed by atoms with van der Waals surface area (Å²) < 4.78 is 1.74. The van der Waals surface area contributed by atoms with Crippen LogP contribution in [0, 0.1) is 11.3 Å². The minimum absolute atomic E-state index is 0.0599. The lowest BCUT2D eigenvalue weighted by atomic mass is 9.84. The van der Waals surface area contributed by atoms with Crippen molar-refractivity contribution in [3.05, 3.63) is 76.6 Å². The number of pyridine rings is 1. The van der Waals surface area contributed by atoms with Gasteiger partial charge in [0.15, 0.2) is 5.01 Å². The van der Waals surface area contributed by atoms with Crippen LogP contribution in [-0.2, 0) is 14.4 Å². The molecule has 7 heterocycles. The van der Waals surface area contributed by atoms with Crippen LogP contribution in [0.1, 0.15) is 75.7 Å². The van der Waals surface area contributed by atoms with E-state index in [1.165, 1.54) is 22.4 Å². The molecular weight excluding hydrogens is 773 g/mol. The van der Waals surface area contributed by atoms with Crippen LogP contribution >= 0.6 is 11.3 Å². The molecule has 0 spiro atoms. The van der Waals surface area contributed by atoms with Crippen LogP contribution in [0.5, 0.6) is 0 Å². The van der Waals surface area contributed by atoms with Gasteiger partial charge in [0.2, 0.25) is 11.8 Å². The van der Waals surface area contributed by atoms with E-state index in [2.05, 4.69) is 31.6 Å². The van der Waals surface area contributed by atoms with E-state index in [1.807, 2.05) is 30.1 Å². The number of nitrogens with two attached hydrogens (primary N) is 1. The van der Waals surface area contributed by atoms with Crippen molar-refractivity contribution < 1.29 is 24.0 Å². The van der Waals surface area contributed by atoms with Crippen LogP contribution in [0.25, 0.3) is 27.5 Å². The molecule has 9 rings (SSSR count). The fourth-order valence-electron chi connectivity index (χ4n) is 8.84. The molecule has 3 aliphatic heterocycles. The number of primary amides is 1. The predicted octanol–water partition coefficient (Wildman–Crippen LogP) is 3.28. The summed E-state index contributed by atoms with van der Waals surface area (Å²) in [6, 6.07) is 13.4. The highest BCUT2D eigenvalue weighted by Crippen LogP contribution is 2.41. The molecule has 1 saturated carbocycles. The van der Waals surface area contributed by atoms with Gasteiger partial charge in [0.25, 0.3) is 17.7 Å². The zero-order chi connectivity index (χ0) is 40.9. The van der Waals surface area contributed by atoms with Crippen LogP contribution < -0.4 is 16.0 Å². The average molecular weight is 813 g/mol. The van der Waals surface area contributed by atoms with E-state index in [4.69, 9.17) is 10.7 Å². The number of amides is 5. The lowest BCUT2D eigenvalue weighted by molar-refractivity contribution is -0.155. The number of hydrogen-bond donors (Lipinski definition) is 2. The lowest BCUT2D eigenvalue weighted by Crippen LogP contribution is -2.59. The molecule has 3 fully saturated rings. The van der Waals surface area contributed by atoms with Crippen molar-refractivity contribution in [1.29, 1.82) is 5.26 Å². The summed E-state index contributed by atoms with van der Waals surface area (Å²) in [6.45, 7) is 2.70. The van der Waals surface area contributed by atoms with Crippen LogP contribution in [0.2, 0.25) is 0 Å². The van der Waals surface area contributed by atoms with E-state index in [0.717, 1.165) is 38.1 Å². The quantitative estimate of drug-likeness (QED) is 0.205. The molecule has 0 radical (unpaired) electrons. The maximum absolute atomic E-state index is 14.1. The molecule has 2 saturated heterocycles. The Morgan fingerprint density at radius 1 is 0.898 bits per heavy atom. The summed E-state index contributed by atoms with van der Waals surface area (Å²) >= 11 is 1.49. The highest BCUT2D eigenvalue weighted by molar-refractivity contribution is 7.14. The third-order valence-corrected chi connectivity index (χ3v) is 13.0. The summed E-state index contributed by atoms with van der Waals surface area (Å²) in [7, 11) is 1.83. The van der Waals surface area contributed by atoms with Gasteiger partial charge in [0.05, 0.1) is 51.9 Å². The number of carbonyl (C=O) groups is 5. The summed E-state index contributed by atoms with van der Waals surface area (Å²) in [4.78, 5) is 77.5. The number of aromatic nitrogens is 5. The molecule has 0 bridgehead atoms. The van der Waals surface area contributed by atoms with Crippen LogP contribution in [0.3, 0.4) is 0 Å². The van der Waals surface area contributed by atoms with Crippen molar-refractivity contribution in [2.45, 2.75) is 56.5 Å². The highest BCUT2D eigenvalue weighted by Gasteiger charge is 2.49. The Balaban J connectivity index is 0.852. The van der Waals surface area contributed by atoms with Crippen LogP contribution in [0.15, 0.2) is 54.9 Å². The minimum Gasteiger partial charge on any atom is -0.387 e. The molecule has 5 amide bonds. The first-order valence-corrected chi connectivity index (χ1v) is 20.5. The number of rotatable bonds is 9. The number of piperazine rings is 1. The fraction of sp³-hybridized carbons (Fsp3) is 0.366. The Kier molecular flexibility index (Phi) is 9.85. The molecule has 300 valence electrons. The number of carbonyl (C=O) groups excluding carboxylic acids is 5. The number of benzene rings is 1. The first-order valence-electron chi connectivity index (χ1n) is 19.6. The number of likely N-dealkylation sites (tertiary alicyclic amines) is 1. The van der Waals surface area contributed by atoms with Gasteiger partial charge in [-0.2, -0.15) is 10.4 Å². The van der Waals surface area contributed by atoms with E-state index in [9.17, 15) is 29.2 Å². The van der Waals surface area contributed by atoms with E-state index in [0.29, 0.717) is 68.1 Å². The second-order valence-electron chi connectivity index (χ2n) is 15.3. The van der Waals surface area contributed by atoms with Gasteiger partial charge in [0, 0.05) is 69.2 Å². The van der Waals surface area contributed by atoms with Gasteiger partial charge in [-0.15, -0.1) is 10.2 Å². The highest BCUT2D eigenvalue weighted by atomic mass is 32.1. The lowest BCUT2D eigenvalue weighted by Gasteiger charge is -2.41. The summed E-state index contributed by atoms with van der Waals surface area (Å²) in [5, 5.41) is 27.6. The largest absolute Gasteiger partial charge is 0.387 e. The molecule has 18 heteroatoms. The average Bonchev–Trinajstić information content (AvgIpc) is 3.97. The Bertz CT molecular complexity index is 2580. The normalized spacial score (nSPS) is 21.3. The molecule has 5 aromatic rings. The Morgan fingerprint density at radius 3 is 2.42 bits per heavy atom. The smallest absolute Gasteiger partial charge is 0.262 e. The van der Waals surface area contributed by atoms with Crippen LogP contribution in [0.4, 0.5) is 11.4 Å². The fourth-order valence-corrected chi connectivity index (χ4v) is 9.88. The van der Waals surface area contributed by atoms with Crippen molar-refractivity contribution in [3.8, 4) is 28.0 Å². The van der Waals surface area contributed by atoms with Crippen molar-refractivity contribution in [2.75, 3.05) is 50.0 Å². The van der Waals surface area contributed by atoms with Crippen molar-refractivity contribution >= 4 is 57.8 Å². The molecule has 4 aliphatic rings. The number of nitriles is 1. The number of fused-ring (bicyclic) bond motifs is 2. The van der Waals surface area contributed by atoms with Gasteiger partial charge < -0.3 is 16.0 Å². The van der Waals surface area contributed by atoms with Crippen LogP contribution in [-0.4, -0.2) is 121 Å². The van der Waals surface area contributed by atoms with Gasteiger partial charge in [-0.1, -0.05) is 11.3 Å². The second kappa shape index (κ2) is 15.3. The second-order valence-corrected chi connectivity index (χ2v) is 16.3. The Morgan fingerprint density at radius 2 is 1.68 bits per heavy atom. The molecule has 1 unspecified atom stereocenters.